The van der Waals surface area contributed by atoms with Crippen LogP contribution < -0.4 is 20.1 Å². The lowest BCUT2D eigenvalue weighted by Crippen LogP contribution is -2.36. The van der Waals surface area contributed by atoms with Gasteiger partial charge in [-0.15, -0.1) is 0 Å². The fourth-order valence-electron chi connectivity index (χ4n) is 3.70. The van der Waals surface area contributed by atoms with Crippen LogP contribution in [0.5, 0.6) is 0 Å². The van der Waals surface area contributed by atoms with Gasteiger partial charge in [-0.2, -0.15) is 0 Å². The van der Waals surface area contributed by atoms with Crippen molar-refractivity contribution in [2.75, 3.05) is 27.6 Å². The van der Waals surface area contributed by atoms with Crippen molar-refractivity contribution in [2.45, 2.75) is 11.3 Å². The van der Waals surface area contributed by atoms with Crippen LogP contribution >= 0.6 is 23.2 Å². The van der Waals surface area contributed by atoms with Crippen molar-refractivity contribution in [3.05, 3.63) is 80.7 Å². The van der Waals surface area contributed by atoms with Gasteiger partial charge < -0.3 is 15.4 Å². The van der Waals surface area contributed by atoms with Crippen LogP contribution in [0, 0.1) is 0 Å². The number of pyridine rings is 1. The number of amides is 2. The number of rotatable bonds is 6. The summed E-state index contributed by atoms with van der Waals surface area (Å²) in [5.41, 5.74) is 0.878. The Labute approximate surface area is 209 Å². The quantitative estimate of drug-likeness (QED) is 0.440. The van der Waals surface area contributed by atoms with E-state index in [2.05, 4.69) is 10.3 Å². The van der Waals surface area contributed by atoms with Gasteiger partial charge in [-0.05, 0) is 60.5 Å². The molecule has 0 atom stereocenters. The Morgan fingerprint density at radius 2 is 1.83 bits per heavy atom. The molecule has 4 rings (SSSR count). The molecule has 0 spiro atoms. The number of sulfonamides is 1. The topological polar surface area (TPSA) is 140 Å². The van der Waals surface area contributed by atoms with Gasteiger partial charge in [0.25, 0.3) is 15.6 Å². The van der Waals surface area contributed by atoms with Crippen LogP contribution in [-0.2, 0) is 21.2 Å². The monoisotopic (exact) mass is 536 g/mol. The van der Waals surface area contributed by atoms with E-state index in [1.54, 1.807) is 6.07 Å². The Morgan fingerprint density at radius 1 is 1.11 bits per heavy atom. The standard InChI is InChI=1S/C22H18Cl2N4O6S/c23-14-9-15(24)11-17(10-14)35(33,34)28(12-20(29)30)16-3-4-19-13(8-16)5-7-27(19)22(32)26-18-2-1-6-25-21(18)31/h1-4,6,8-11H,5,7,12H2,(H,25,31)(H,26,32)(H,29,30). The number of hydrogen-bond donors (Lipinski definition) is 3. The molecule has 0 fully saturated rings. The minimum Gasteiger partial charge on any atom is -0.480 e. The number of carbonyl (C=O) groups excluding carboxylic acids is 1. The molecular weight excluding hydrogens is 519 g/mol. The molecule has 2 heterocycles. The van der Waals surface area contributed by atoms with Crippen molar-refractivity contribution in [2.24, 2.45) is 0 Å². The lowest BCUT2D eigenvalue weighted by atomic mass is 10.1. The number of carbonyl (C=O) groups is 2. The zero-order valence-electron chi connectivity index (χ0n) is 17.9. The molecule has 35 heavy (non-hydrogen) atoms. The van der Waals surface area contributed by atoms with E-state index in [0.29, 0.717) is 17.7 Å². The number of hydrogen-bond acceptors (Lipinski definition) is 5. The maximum atomic E-state index is 13.3. The molecule has 2 amide bonds. The molecule has 0 saturated carbocycles. The van der Waals surface area contributed by atoms with Crippen LogP contribution in [0.4, 0.5) is 21.9 Å². The van der Waals surface area contributed by atoms with E-state index in [9.17, 15) is 27.9 Å². The van der Waals surface area contributed by atoms with Gasteiger partial charge >= 0.3 is 12.0 Å². The van der Waals surface area contributed by atoms with E-state index in [-0.39, 0.29) is 32.9 Å². The number of urea groups is 1. The van der Waals surface area contributed by atoms with Gasteiger partial charge in [0.1, 0.15) is 12.2 Å². The summed E-state index contributed by atoms with van der Waals surface area (Å²) < 4.78 is 27.4. The Morgan fingerprint density at radius 3 is 2.49 bits per heavy atom. The first-order valence-corrected chi connectivity index (χ1v) is 12.4. The number of aromatic amines is 1. The lowest BCUT2D eigenvalue weighted by Gasteiger charge is -2.24. The van der Waals surface area contributed by atoms with Crippen LogP contribution in [0.2, 0.25) is 10.0 Å². The second-order valence-corrected chi connectivity index (χ2v) is 10.3. The second kappa shape index (κ2) is 9.61. The van der Waals surface area contributed by atoms with Crippen molar-refractivity contribution >= 4 is 62.3 Å². The summed E-state index contributed by atoms with van der Waals surface area (Å²) in [7, 11) is -4.33. The third-order valence-corrected chi connectivity index (χ3v) is 7.44. The maximum absolute atomic E-state index is 13.3. The maximum Gasteiger partial charge on any atom is 0.326 e. The van der Waals surface area contributed by atoms with Gasteiger partial charge in [0.15, 0.2) is 0 Å². The first-order valence-electron chi connectivity index (χ1n) is 10.2. The SMILES string of the molecule is O=C(O)CN(c1ccc2c(c1)CCN2C(=O)Nc1ccc[nH]c1=O)S(=O)(=O)c1cc(Cl)cc(Cl)c1. The molecule has 0 unspecified atom stereocenters. The highest BCUT2D eigenvalue weighted by Crippen LogP contribution is 2.34. The van der Waals surface area contributed by atoms with Crippen molar-refractivity contribution in [3.63, 3.8) is 0 Å². The number of nitrogens with one attached hydrogen (secondary N) is 2. The fourth-order valence-corrected chi connectivity index (χ4v) is 5.83. The first-order chi connectivity index (χ1) is 16.6. The number of anilines is 3. The number of carboxylic acid groups (broad SMARTS) is 1. The molecule has 3 aromatic rings. The molecule has 2 aromatic carbocycles. The van der Waals surface area contributed by atoms with E-state index in [1.807, 2.05) is 0 Å². The summed E-state index contributed by atoms with van der Waals surface area (Å²) in [4.78, 5) is 39.8. The molecule has 0 aliphatic carbocycles. The number of aliphatic carboxylic acids is 1. The molecule has 1 aromatic heterocycles. The Bertz CT molecular complexity index is 1470. The van der Waals surface area contributed by atoms with Gasteiger partial charge in [0, 0.05) is 28.5 Å². The highest BCUT2D eigenvalue weighted by molar-refractivity contribution is 7.92. The number of halogens is 2. The summed E-state index contributed by atoms with van der Waals surface area (Å²) in [6.07, 6.45) is 1.84. The molecule has 13 heteroatoms. The summed E-state index contributed by atoms with van der Waals surface area (Å²) in [5, 5.41) is 12.1. The van der Waals surface area contributed by atoms with Crippen LogP contribution in [-0.4, -0.2) is 43.6 Å². The van der Waals surface area contributed by atoms with Gasteiger partial charge in [0.2, 0.25) is 0 Å². The van der Waals surface area contributed by atoms with Crippen molar-refractivity contribution in [3.8, 4) is 0 Å². The first kappa shape index (κ1) is 24.6. The van der Waals surface area contributed by atoms with Gasteiger partial charge in [-0.1, -0.05) is 23.2 Å². The minimum atomic E-state index is -4.33. The summed E-state index contributed by atoms with van der Waals surface area (Å²) >= 11 is 11.9. The molecule has 3 N–H and O–H groups in total. The summed E-state index contributed by atoms with van der Waals surface area (Å²) in [6, 6.07) is 10.7. The third-order valence-electron chi connectivity index (χ3n) is 5.25. The van der Waals surface area contributed by atoms with Crippen LogP contribution in [0.3, 0.4) is 0 Å². The highest BCUT2D eigenvalue weighted by atomic mass is 35.5. The molecule has 0 saturated heterocycles. The number of nitrogens with zero attached hydrogens (tertiary/aromatic N) is 2. The zero-order valence-corrected chi connectivity index (χ0v) is 20.2. The van der Waals surface area contributed by atoms with Crippen LogP contribution in [0.15, 0.2) is 64.4 Å². The van der Waals surface area contributed by atoms with E-state index >= 15 is 0 Å². The molecule has 10 nitrogen and oxygen atoms in total. The number of benzene rings is 2. The van der Waals surface area contributed by atoms with Crippen molar-refractivity contribution in [1.29, 1.82) is 0 Å². The van der Waals surface area contributed by atoms with Gasteiger partial charge in [-0.25, -0.2) is 13.2 Å². The number of carboxylic acids is 1. The minimum absolute atomic E-state index is 0.0826. The predicted molar refractivity (Wildman–Crippen MR) is 132 cm³/mol. The Balaban J connectivity index is 1.67. The van der Waals surface area contributed by atoms with Crippen LogP contribution in [0.25, 0.3) is 0 Å². The van der Waals surface area contributed by atoms with E-state index < -0.39 is 34.1 Å². The van der Waals surface area contributed by atoms with E-state index in [0.717, 1.165) is 4.31 Å². The van der Waals surface area contributed by atoms with Crippen molar-refractivity contribution < 1.29 is 23.1 Å². The molecule has 182 valence electrons. The van der Waals surface area contributed by atoms with Crippen molar-refractivity contribution in [1.82, 2.24) is 4.98 Å². The number of fused-ring (bicyclic) bond motifs is 1. The normalized spacial score (nSPS) is 12.8. The average Bonchev–Trinajstić information content (AvgIpc) is 3.21. The lowest BCUT2D eigenvalue weighted by molar-refractivity contribution is -0.135. The summed E-state index contributed by atoms with van der Waals surface area (Å²) in [6.45, 7) is -0.558. The molecule has 1 aliphatic heterocycles. The van der Waals surface area contributed by atoms with E-state index in [1.165, 1.54) is 53.6 Å². The van der Waals surface area contributed by atoms with Gasteiger partial charge in [-0.3, -0.25) is 18.8 Å². The zero-order chi connectivity index (χ0) is 25.3. The molecule has 1 aliphatic rings. The Hall–Kier alpha value is -3.54. The fraction of sp³-hybridized carbons (Fsp3) is 0.136. The Kier molecular flexibility index (Phi) is 6.75. The largest absolute Gasteiger partial charge is 0.480 e. The summed E-state index contributed by atoms with van der Waals surface area (Å²) in [5.74, 6) is -1.36. The molecule has 0 radical (unpaired) electrons. The second-order valence-electron chi connectivity index (χ2n) is 7.57. The third kappa shape index (κ3) is 5.11. The average molecular weight is 537 g/mol. The number of H-pyrrole nitrogens is 1. The molecule has 0 bridgehead atoms. The smallest absolute Gasteiger partial charge is 0.326 e. The van der Waals surface area contributed by atoms with Gasteiger partial charge in [0.05, 0.1) is 10.6 Å². The van der Waals surface area contributed by atoms with E-state index in [4.69, 9.17) is 23.2 Å². The highest BCUT2D eigenvalue weighted by Gasteiger charge is 2.31. The predicted octanol–water partition coefficient (Wildman–Crippen LogP) is 3.56. The number of aromatic nitrogens is 1. The molecular formula is C22H18Cl2N4O6S. The van der Waals surface area contributed by atoms with Crippen LogP contribution in [0.1, 0.15) is 5.56 Å².